The third-order valence-corrected chi connectivity index (χ3v) is 4.90. The molecule has 1 aliphatic rings. The molecule has 0 aromatic heterocycles. The number of nitrogens with one attached hydrogen (secondary N) is 1. The van der Waals surface area contributed by atoms with Crippen molar-refractivity contribution in [1.29, 1.82) is 0 Å². The average Bonchev–Trinajstić information content (AvgIpc) is 2.45. The molecule has 20 heavy (non-hydrogen) atoms. The highest BCUT2D eigenvalue weighted by Crippen LogP contribution is 2.28. The number of thioether (sulfide) groups is 1. The normalized spacial score (nSPS) is 19.4. The van der Waals surface area contributed by atoms with E-state index in [1.54, 1.807) is 7.11 Å². The van der Waals surface area contributed by atoms with Crippen molar-refractivity contribution in [3.8, 4) is 0 Å². The van der Waals surface area contributed by atoms with E-state index in [0.29, 0.717) is 6.04 Å². The van der Waals surface area contributed by atoms with Gasteiger partial charge >= 0.3 is 0 Å². The van der Waals surface area contributed by atoms with Crippen LogP contribution in [0.2, 0.25) is 0 Å². The topological polar surface area (TPSA) is 24.5 Å². The standard InChI is InChI=1S/C16H26N2OS/c1-13-4-5-16(18-7-9-20-12-14(18)2)15(10-13)11-17-6-8-19-3/h4-5,10,14,17H,6-9,11-12H2,1-3H3. The largest absolute Gasteiger partial charge is 0.383 e. The van der Waals surface area contributed by atoms with Gasteiger partial charge in [-0.15, -0.1) is 0 Å². The molecule has 112 valence electrons. The van der Waals surface area contributed by atoms with E-state index < -0.39 is 0 Å². The molecule has 1 aliphatic heterocycles. The van der Waals surface area contributed by atoms with E-state index in [1.165, 1.54) is 28.3 Å². The lowest BCUT2D eigenvalue weighted by Gasteiger charge is -2.36. The Morgan fingerprint density at radius 2 is 2.30 bits per heavy atom. The molecule has 1 saturated heterocycles. The molecule has 1 unspecified atom stereocenters. The maximum atomic E-state index is 5.09. The summed E-state index contributed by atoms with van der Waals surface area (Å²) >= 11 is 2.06. The molecule has 0 spiro atoms. The number of benzene rings is 1. The molecule has 1 fully saturated rings. The van der Waals surface area contributed by atoms with Gasteiger partial charge in [0.25, 0.3) is 0 Å². The minimum Gasteiger partial charge on any atom is -0.383 e. The SMILES string of the molecule is COCCNCc1cc(C)ccc1N1CCSCC1C. The Balaban J connectivity index is 2.10. The molecule has 0 saturated carbocycles. The highest BCUT2D eigenvalue weighted by Gasteiger charge is 2.20. The van der Waals surface area contributed by atoms with Crippen LogP contribution in [0.25, 0.3) is 0 Å². The number of rotatable bonds is 6. The summed E-state index contributed by atoms with van der Waals surface area (Å²) in [5, 5.41) is 3.47. The first-order valence-corrected chi connectivity index (χ1v) is 8.51. The lowest BCUT2D eigenvalue weighted by Crippen LogP contribution is -2.41. The molecule has 1 atom stereocenters. The van der Waals surface area contributed by atoms with E-state index in [2.05, 4.69) is 54.0 Å². The molecule has 2 rings (SSSR count). The van der Waals surface area contributed by atoms with Gasteiger partial charge in [-0.2, -0.15) is 11.8 Å². The summed E-state index contributed by atoms with van der Waals surface area (Å²) in [6.07, 6.45) is 0. The summed E-state index contributed by atoms with van der Waals surface area (Å²) in [4.78, 5) is 2.56. The first kappa shape index (κ1) is 15.7. The zero-order valence-corrected chi connectivity index (χ0v) is 13.6. The van der Waals surface area contributed by atoms with Crippen molar-refractivity contribution in [3.63, 3.8) is 0 Å². The van der Waals surface area contributed by atoms with Crippen LogP contribution < -0.4 is 10.2 Å². The van der Waals surface area contributed by atoms with Gasteiger partial charge in [-0.25, -0.2) is 0 Å². The predicted octanol–water partition coefficient (Wildman–Crippen LogP) is 2.67. The van der Waals surface area contributed by atoms with Crippen LogP contribution in [0.3, 0.4) is 0 Å². The molecule has 3 nitrogen and oxygen atoms in total. The Morgan fingerprint density at radius 3 is 3.05 bits per heavy atom. The van der Waals surface area contributed by atoms with Gasteiger partial charge in [0.05, 0.1) is 6.61 Å². The van der Waals surface area contributed by atoms with Crippen LogP contribution in [0.4, 0.5) is 5.69 Å². The predicted molar refractivity (Wildman–Crippen MR) is 88.9 cm³/mol. The van der Waals surface area contributed by atoms with Gasteiger partial charge < -0.3 is 15.0 Å². The highest BCUT2D eigenvalue weighted by molar-refractivity contribution is 7.99. The summed E-state index contributed by atoms with van der Waals surface area (Å²) < 4.78 is 5.09. The second-order valence-corrected chi connectivity index (χ2v) is 6.57. The minimum atomic E-state index is 0.620. The van der Waals surface area contributed by atoms with Crippen molar-refractivity contribution < 1.29 is 4.74 Å². The molecule has 1 aromatic carbocycles. The molecular formula is C16H26N2OS. The quantitative estimate of drug-likeness (QED) is 0.815. The number of aryl methyl sites for hydroxylation is 1. The fourth-order valence-electron chi connectivity index (χ4n) is 2.62. The molecule has 0 bridgehead atoms. The van der Waals surface area contributed by atoms with Crippen molar-refractivity contribution in [2.45, 2.75) is 26.4 Å². The van der Waals surface area contributed by atoms with Crippen molar-refractivity contribution >= 4 is 17.4 Å². The molecule has 0 radical (unpaired) electrons. The summed E-state index contributed by atoms with van der Waals surface area (Å²) in [6.45, 7) is 8.22. The zero-order chi connectivity index (χ0) is 14.4. The van der Waals surface area contributed by atoms with Crippen molar-refractivity contribution in [1.82, 2.24) is 5.32 Å². The number of hydrogen-bond donors (Lipinski definition) is 1. The Bertz CT molecular complexity index is 425. The number of hydrogen-bond acceptors (Lipinski definition) is 4. The molecular weight excluding hydrogens is 268 g/mol. The molecule has 0 amide bonds. The van der Waals surface area contributed by atoms with Crippen LogP contribution in [0.15, 0.2) is 18.2 Å². The monoisotopic (exact) mass is 294 g/mol. The van der Waals surface area contributed by atoms with E-state index in [1.807, 2.05) is 0 Å². The third-order valence-electron chi connectivity index (χ3n) is 3.71. The zero-order valence-electron chi connectivity index (χ0n) is 12.8. The molecule has 4 heteroatoms. The van der Waals surface area contributed by atoms with Crippen LogP contribution in [0.1, 0.15) is 18.1 Å². The molecule has 1 aromatic rings. The first-order valence-electron chi connectivity index (χ1n) is 7.36. The minimum absolute atomic E-state index is 0.620. The van der Waals surface area contributed by atoms with E-state index in [4.69, 9.17) is 4.74 Å². The van der Waals surface area contributed by atoms with Gasteiger partial charge in [0.15, 0.2) is 0 Å². The second-order valence-electron chi connectivity index (χ2n) is 5.42. The fourth-order valence-corrected chi connectivity index (χ4v) is 3.63. The van der Waals surface area contributed by atoms with Gasteiger partial charge in [-0.3, -0.25) is 0 Å². The van der Waals surface area contributed by atoms with Crippen LogP contribution in [0, 0.1) is 6.92 Å². The number of anilines is 1. The smallest absolute Gasteiger partial charge is 0.0587 e. The van der Waals surface area contributed by atoms with E-state index >= 15 is 0 Å². The average molecular weight is 294 g/mol. The number of nitrogens with zero attached hydrogens (tertiary/aromatic N) is 1. The molecule has 0 aliphatic carbocycles. The lowest BCUT2D eigenvalue weighted by atomic mass is 10.1. The van der Waals surface area contributed by atoms with Gasteiger partial charge in [0.1, 0.15) is 0 Å². The van der Waals surface area contributed by atoms with Gasteiger partial charge in [0, 0.05) is 50.0 Å². The van der Waals surface area contributed by atoms with Crippen molar-refractivity contribution in [3.05, 3.63) is 29.3 Å². The van der Waals surface area contributed by atoms with Crippen molar-refractivity contribution in [2.24, 2.45) is 0 Å². The fraction of sp³-hybridized carbons (Fsp3) is 0.625. The van der Waals surface area contributed by atoms with E-state index in [-0.39, 0.29) is 0 Å². The van der Waals surface area contributed by atoms with Crippen molar-refractivity contribution in [2.75, 3.05) is 43.2 Å². The maximum Gasteiger partial charge on any atom is 0.0587 e. The molecule has 1 heterocycles. The highest BCUT2D eigenvalue weighted by atomic mass is 32.2. The van der Waals surface area contributed by atoms with Crippen LogP contribution in [-0.4, -0.2) is 44.4 Å². The van der Waals surface area contributed by atoms with Crippen LogP contribution >= 0.6 is 11.8 Å². The Morgan fingerprint density at radius 1 is 1.45 bits per heavy atom. The Labute approximate surface area is 127 Å². The van der Waals surface area contributed by atoms with E-state index in [9.17, 15) is 0 Å². The summed E-state index contributed by atoms with van der Waals surface area (Å²) in [6, 6.07) is 7.44. The van der Waals surface area contributed by atoms with Crippen LogP contribution in [-0.2, 0) is 11.3 Å². The Kier molecular flexibility index (Phi) is 6.20. The van der Waals surface area contributed by atoms with Gasteiger partial charge in [0.2, 0.25) is 0 Å². The first-order chi connectivity index (χ1) is 9.72. The number of methoxy groups -OCH3 is 1. The second kappa shape index (κ2) is 7.91. The number of ether oxygens (including phenoxy) is 1. The molecule has 1 N–H and O–H groups in total. The van der Waals surface area contributed by atoms with Gasteiger partial charge in [-0.05, 0) is 25.5 Å². The third kappa shape index (κ3) is 4.14. The van der Waals surface area contributed by atoms with E-state index in [0.717, 1.165) is 26.2 Å². The maximum absolute atomic E-state index is 5.09. The summed E-state index contributed by atoms with van der Waals surface area (Å²) in [5.41, 5.74) is 4.13. The van der Waals surface area contributed by atoms with Gasteiger partial charge in [-0.1, -0.05) is 17.7 Å². The Hall–Kier alpha value is -0.710. The lowest BCUT2D eigenvalue weighted by molar-refractivity contribution is 0.199. The summed E-state index contributed by atoms with van der Waals surface area (Å²) in [7, 11) is 1.74. The summed E-state index contributed by atoms with van der Waals surface area (Å²) in [5.74, 6) is 2.46. The van der Waals surface area contributed by atoms with Crippen LogP contribution in [0.5, 0.6) is 0 Å².